The number of hydrogen-bond acceptors (Lipinski definition) is 38. The predicted molar refractivity (Wildman–Crippen MR) is 494 cm³/mol. The highest BCUT2D eigenvalue weighted by Crippen LogP contribution is 2.47. The summed E-state index contributed by atoms with van der Waals surface area (Å²) in [6, 6.07) is 7.94. The Bertz CT molecular complexity index is 6200. The number of nitrogens with zero attached hydrogens (tertiary/aromatic N) is 30. The van der Waals surface area contributed by atoms with Crippen LogP contribution in [0.5, 0.6) is 11.5 Å². The first-order valence-corrected chi connectivity index (χ1v) is 44.0. The van der Waals surface area contributed by atoms with Crippen LogP contribution in [-0.4, -0.2) is 290 Å². The molecule has 0 bridgehead atoms. The number of piperidine rings is 1. The van der Waals surface area contributed by atoms with Gasteiger partial charge in [0.1, 0.15) is 48.5 Å². The van der Waals surface area contributed by atoms with Crippen molar-refractivity contribution in [2.45, 2.75) is 53.5 Å². The zero-order valence-corrected chi connectivity index (χ0v) is 77.2. The van der Waals surface area contributed by atoms with Gasteiger partial charge in [-0.1, -0.05) is 0 Å². The van der Waals surface area contributed by atoms with E-state index in [9.17, 15) is 24.0 Å². The first-order valence-electron chi connectivity index (χ1n) is 40.8. The van der Waals surface area contributed by atoms with E-state index >= 15 is 0 Å². The van der Waals surface area contributed by atoms with Gasteiger partial charge in [-0.15, -0.1) is 45.3 Å². The van der Waals surface area contributed by atoms with Crippen molar-refractivity contribution in [2.75, 3.05) is 216 Å². The van der Waals surface area contributed by atoms with E-state index in [-0.39, 0.29) is 29.5 Å². The molecular weight excluding hydrogens is 1700 g/mol. The Labute approximate surface area is 748 Å². The van der Waals surface area contributed by atoms with Gasteiger partial charge in [0.2, 0.25) is 23.8 Å². The number of rotatable bonds is 13. The minimum atomic E-state index is -0.199. The number of methoxy groups -OCH3 is 2. The maximum atomic E-state index is 13.4. The Balaban J connectivity index is 0.000000127. The summed E-state index contributed by atoms with van der Waals surface area (Å²) < 4.78 is 14.7. The van der Waals surface area contributed by atoms with E-state index in [4.69, 9.17) is 19.4 Å². The lowest BCUT2D eigenvalue weighted by Gasteiger charge is -2.42. The molecule has 1 aromatic carbocycles. The fraction of sp³-hybridized carbons (Fsp3) is 0.390. The lowest BCUT2D eigenvalue weighted by molar-refractivity contribution is 0.0518. The number of fused-ring (bicyclic) bond motifs is 8. The van der Waals surface area contributed by atoms with Crippen LogP contribution in [0.4, 0.5) is 118 Å². The van der Waals surface area contributed by atoms with E-state index < -0.39 is 0 Å². The molecule has 45 heteroatoms. The molecule has 19 rings (SSSR count). The highest BCUT2D eigenvalue weighted by Gasteiger charge is 2.39. The molecular formula is C82H98N34O7S4. The first kappa shape index (κ1) is 87.1. The number of amides is 5. The van der Waals surface area contributed by atoms with Crippen LogP contribution < -0.4 is 74.8 Å². The standard InChI is InChI=1S/C29H37N9O3S.C22H27N9O2S.C16H18N8OS.C15H16N8OS/c1-18-31-24-27(40)35(3)22-17-30-29(33-25(22)36(4)28(24)42-18)32-21-7-6-19(16-23(21)41-5)26(39)38-10-8-20(9-11-38)37-14-12-34(2)13-15-37;1-13-25-17-20(32)29(3)15-12-24-22(27-19(15)30(4)21(17)34-13)26-18-16(33-5)10-14(11-23-18)31-8-6-28(2)7-9-31;1-8-10(6-18-24(8)5)20-16-17-7-11-13(21-16)23(4)15-12(14(25)22(11)3)19-9(2)26-15;1-8-18-11-13(24)22(3)10-6-16-15(19-9-5-17-21(2)7-9)20-12(10)23(4)14(11)25-8/h6-7,16-17,20H,8-15H2,1-5H3,(H,30,32,33);10-12H,6-9H2,1-5H3,(H,23,24,26,27);6-7H,1-5H3,(H,17,20,21);5-7H,1-4H3,(H,16,19,20). The Kier molecular flexibility index (Phi) is 24.7. The summed E-state index contributed by atoms with van der Waals surface area (Å²) in [5.74, 6) is 4.99. The van der Waals surface area contributed by atoms with Gasteiger partial charge in [0.15, 0.2) is 57.6 Å². The largest absolute Gasteiger partial charge is 0.495 e. The maximum absolute atomic E-state index is 13.4. The number of aromatic nitrogens is 17. The van der Waals surface area contributed by atoms with Gasteiger partial charge >= 0.3 is 0 Å². The van der Waals surface area contributed by atoms with Crippen LogP contribution >= 0.6 is 45.3 Å². The number of aryl methyl sites for hydroxylation is 6. The van der Waals surface area contributed by atoms with Crippen LogP contribution in [0, 0.1) is 34.6 Å². The molecule has 12 aromatic rings. The van der Waals surface area contributed by atoms with Crippen molar-refractivity contribution in [3.05, 3.63) is 128 Å². The molecule has 11 aromatic heterocycles. The fourth-order valence-electron chi connectivity index (χ4n) is 15.5. The molecule has 0 atom stereocenters. The zero-order chi connectivity index (χ0) is 89.8. The molecule has 662 valence electrons. The quantitative estimate of drug-likeness (QED) is 0.0833. The monoisotopic (exact) mass is 1800 g/mol. The van der Waals surface area contributed by atoms with Crippen molar-refractivity contribution in [1.29, 1.82) is 0 Å². The average molecular weight is 1800 g/mol. The van der Waals surface area contributed by atoms with E-state index in [1.807, 2.05) is 132 Å². The third kappa shape index (κ3) is 17.5. The second-order valence-corrected chi connectivity index (χ2v) is 36.1. The molecule has 0 unspecified atom stereocenters. The molecule has 18 heterocycles. The number of ether oxygens (including phenoxy) is 2. The second-order valence-electron chi connectivity index (χ2n) is 31.3. The number of thiazole rings is 4. The lowest BCUT2D eigenvalue weighted by Crippen LogP contribution is -2.52. The summed E-state index contributed by atoms with van der Waals surface area (Å²) in [6.07, 6.45) is 15.6. The number of anilines is 21. The number of benzene rings is 1. The van der Waals surface area contributed by atoms with Crippen molar-refractivity contribution in [2.24, 2.45) is 14.1 Å². The summed E-state index contributed by atoms with van der Waals surface area (Å²) in [4.78, 5) is 149. The summed E-state index contributed by atoms with van der Waals surface area (Å²) in [6.45, 7) is 19.3. The van der Waals surface area contributed by atoms with Crippen LogP contribution in [0.3, 0.4) is 0 Å². The molecule has 127 heavy (non-hydrogen) atoms. The average Bonchev–Trinajstić information content (AvgIpc) is 1.63. The Morgan fingerprint density at radius 2 is 0.811 bits per heavy atom. The number of piperazine rings is 2. The minimum absolute atomic E-state index is 0.0166. The predicted octanol–water partition coefficient (Wildman–Crippen LogP) is 10.2. The molecule has 0 spiro atoms. The Hall–Kier alpha value is -13.3. The van der Waals surface area contributed by atoms with E-state index in [1.165, 1.54) is 64.9 Å². The van der Waals surface area contributed by atoms with Crippen LogP contribution in [-0.2, 0) is 14.1 Å². The summed E-state index contributed by atoms with van der Waals surface area (Å²) in [7, 11) is 25.5. The number of carbonyl (C=O) groups excluding carboxylic acids is 5. The van der Waals surface area contributed by atoms with Crippen LogP contribution in [0.1, 0.15) is 90.9 Å². The summed E-state index contributed by atoms with van der Waals surface area (Å²) in [5.41, 5.74) is 9.00. The van der Waals surface area contributed by atoms with Gasteiger partial charge in [0.05, 0.1) is 106 Å². The maximum Gasteiger partial charge on any atom is 0.279 e. The van der Waals surface area contributed by atoms with Gasteiger partial charge in [0, 0.05) is 160 Å². The minimum Gasteiger partial charge on any atom is -0.495 e. The molecule has 3 saturated heterocycles. The van der Waals surface area contributed by atoms with E-state index in [0.29, 0.717) is 127 Å². The van der Waals surface area contributed by atoms with Crippen molar-refractivity contribution < 1.29 is 33.4 Å². The fourth-order valence-corrected chi connectivity index (χ4v) is 18.9. The van der Waals surface area contributed by atoms with Crippen LogP contribution in [0.15, 0.2) is 73.8 Å². The van der Waals surface area contributed by atoms with Gasteiger partial charge in [-0.2, -0.15) is 30.1 Å². The highest BCUT2D eigenvalue weighted by atomic mass is 32.1. The molecule has 7 aliphatic heterocycles. The highest BCUT2D eigenvalue weighted by molar-refractivity contribution is 7.17. The number of likely N-dealkylation sites (N-methyl/N-ethyl adjacent to an activating group) is 2. The van der Waals surface area contributed by atoms with Crippen molar-refractivity contribution in [1.82, 2.24) is 104 Å². The lowest BCUT2D eigenvalue weighted by atomic mass is 10.0. The molecule has 4 N–H and O–H groups in total. The van der Waals surface area contributed by atoms with Crippen molar-refractivity contribution >= 4 is 193 Å². The number of pyridine rings is 1. The van der Waals surface area contributed by atoms with E-state index in [2.05, 4.69) is 120 Å². The summed E-state index contributed by atoms with van der Waals surface area (Å²) in [5, 5.41) is 27.4. The number of carbonyl (C=O) groups is 5. The summed E-state index contributed by atoms with van der Waals surface area (Å²) >= 11 is 5.84. The van der Waals surface area contributed by atoms with Gasteiger partial charge in [0.25, 0.3) is 29.5 Å². The Morgan fingerprint density at radius 1 is 0.409 bits per heavy atom. The van der Waals surface area contributed by atoms with Gasteiger partial charge in [-0.25, -0.2) is 44.9 Å². The third-order valence-corrected chi connectivity index (χ3v) is 27.1. The first-order chi connectivity index (χ1) is 60.9. The molecule has 41 nitrogen and oxygen atoms in total. The topological polar surface area (TPSA) is 397 Å². The molecule has 0 saturated carbocycles. The normalized spacial score (nSPS) is 15.9. The molecule has 7 aliphatic rings. The molecule has 0 radical (unpaired) electrons. The molecule has 0 aliphatic carbocycles. The van der Waals surface area contributed by atoms with E-state index in [1.54, 1.807) is 95.0 Å². The number of hydrogen-bond donors (Lipinski definition) is 4. The van der Waals surface area contributed by atoms with Gasteiger partial charge in [-0.05, 0) is 79.8 Å². The smallest absolute Gasteiger partial charge is 0.279 e. The molecule has 5 amide bonds. The second kappa shape index (κ2) is 36.0. The van der Waals surface area contributed by atoms with Gasteiger partial charge in [-0.3, -0.25) is 38.2 Å². The van der Waals surface area contributed by atoms with Crippen molar-refractivity contribution in [3.8, 4) is 11.5 Å². The molecule has 3 fully saturated rings. The number of likely N-dealkylation sites (tertiary alicyclic amines) is 1. The third-order valence-electron chi connectivity index (χ3n) is 22.9. The van der Waals surface area contributed by atoms with Crippen molar-refractivity contribution in [3.63, 3.8) is 0 Å². The zero-order valence-electron chi connectivity index (χ0n) is 73.9. The van der Waals surface area contributed by atoms with Gasteiger partial charge < -0.3 is 89.5 Å². The Morgan fingerprint density at radius 3 is 1.20 bits per heavy atom. The van der Waals surface area contributed by atoms with Crippen LogP contribution in [0.2, 0.25) is 0 Å². The van der Waals surface area contributed by atoms with E-state index in [0.717, 1.165) is 141 Å². The van der Waals surface area contributed by atoms with Crippen LogP contribution in [0.25, 0.3) is 0 Å². The number of nitrogens with one attached hydrogen (secondary N) is 4. The SMILES string of the molecule is COc1cc(C(=O)N2CCC(N3CCN(C)CC3)CC2)ccc1Nc1ncc2c(n1)N(C)c1sc(C)nc1C(=O)N2C.COc1cc(N2CCN(C)CC2)cnc1Nc1ncc2c(n1)N(C)c1sc(C)nc1C(=O)N2C.Cc1nc2c(s1)N(C)c1nc(Nc3cnn(C)c3)ncc1N(C)C2=O.Cc1nc2c(s1)N(C)c1nc(Nc3cnn(C)c3C)ncc1N(C)C2=O.